The van der Waals surface area contributed by atoms with Crippen molar-refractivity contribution in [1.82, 2.24) is 0 Å². The Morgan fingerprint density at radius 2 is 2.16 bits per heavy atom. The van der Waals surface area contributed by atoms with Crippen molar-refractivity contribution < 1.29 is 23.8 Å². The van der Waals surface area contributed by atoms with Gasteiger partial charge >= 0.3 is 5.97 Å². The first-order valence-corrected chi connectivity index (χ1v) is 5.82. The van der Waals surface area contributed by atoms with Crippen LogP contribution in [0.25, 0.3) is 0 Å². The Morgan fingerprint density at radius 1 is 1.37 bits per heavy atom. The highest BCUT2D eigenvalue weighted by Gasteiger charge is 2.22. The van der Waals surface area contributed by atoms with Gasteiger partial charge in [-0.05, 0) is 12.1 Å². The summed E-state index contributed by atoms with van der Waals surface area (Å²) in [5.74, 6) is -0.209. The summed E-state index contributed by atoms with van der Waals surface area (Å²) in [6.07, 6.45) is 0. The van der Waals surface area contributed by atoms with Crippen LogP contribution in [0.15, 0.2) is 18.2 Å². The fourth-order valence-corrected chi connectivity index (χ4v) is 1.92. The van der Waals surface area contributed by atoms with Crippen molar-refractivity contribution in [2.24, 2.45) is 0 Å². The number of ether oxygens (including phenoxy) is 3. The molecule has 1 aromatic rings. The van der Waals surface area contributed by atoms with Gasteiger partial charge in [0.15, 0.2) is 0 Å². The number of hydrogen-bond donors (Lipinski definition) is 0. The molecule has 0 unspecified atom stereocenters. The fourth-order valence-electron chi connectivity index (χ4n) is 1.92. The number of methoxy groups -OCH3 is 2. The topological polar surface area (TPSA) is 65.1 Å². The molecule has 1 saturated heterocycles. The van der Waals surface area contributed by atoms with E-state index in [0.29, 0.717) is 30.2 Å². The minimum absolute atomic E-state index is 0.0705. The van der Waals surface area contributed by atoms with Crippen molar-refractivity contribution in [3.05, 3.63) is 23.8 Å². The first-order chi connectivity index (χ1) is 9.17. The Labute approximate surface area is 110 Å². The highest BCUT2D eigenvalue weighted by molar-refractivity contribution is 5.97. The largest absolute Gasteiger partial charge is 0.496 e. The molecule has 1 fully saturated rings. The van der Waals surface area contributed by atoms with Crippen molar-refractivity contribution in [1.29, 1.82) is 0 Å². The molecule has 19 heavy (non-hydrogen) atoms. The maximum atomic E-state index is 11.7. The standard InChI is InChI=1S/C13H15NO5/c1-17-11-7-9(3-4-10(11)13(16)18-2)14-5-6-19-8-12(14)15/h3-4,7H,5-6,8H2,1-2H3. The monoisotopic (exact) mass is 265 g/mol. The molecule has 0 atom stereocenters. The van der Waals surface area contributed by atoms with Crippen molar-refractivity contribution in [2.45, 2.75) is 0 Å². The Balaban J connectivity index is 2.33. The number of amides is 1. The summed E-state index contributed by atoms with van der Waals surface area (Å²) in [5, 5.41) is 0. The van der Waals surface area contributed by atoms with Gasteiger partial charge in [-0.25, -0.2) is 4.79 Å². The molecular weight excluding hydrogens is 250 g/mol. The van der Waals surface area contributed by atoms with E-state index in [-0.39, 0.29) is 12.5 Å². The van der Waals surface area contributed by atoms with Gasteiger partial charge in [0, 0.05) is 18.3 Å². The number of nitrogens with zero attached hydrogens (tertiary/aromatic N) is 1. The van der Waals surface area contributed by atoms with Gasteiger partial charge in [0.05, 0.1) is 20.8 Å². The number of benzene rings is 1. The molecule has 1 aliphatic heterocycles. The smallest absolute Gasteiger partial charge is 0.341 e. The zero-order chi connectivity index (χ0) is 13.8. The Bertz CT molecular complexity index is 500. The van der Waals surface area contributed by atoms with Crippen molar-refractivity contribution >= 4 is 17.6 Å². The van der Waals surface area contributed by atoms with Crippen LogP contribution < -0.4 is 9.64 Å². The van der Waals surface area contributed by atoms with Gasteiger partial charge in [-0.3, -0.25) is 4.79 Å². The number of anilines is 1. The Hall–Kier alpha value is -2.08. The van der Waals surface area contributed by atoms with E-state index in [2.05, 4.69) is 4.74 Å². The lowest BCUT2D eigenvalue weighted by atomic mass is 10.1. The quantitative estimate of drug-likeness (QED) is 0.758. The van der Waals surface area contributed by atoms with E-state index in [4.69, 9.17) is 9.47 Å². The van der Waals surface area contributed by atoms with Crippen molar-refractivity contribution in [3.8, 4) is 5.75 Å². The molecule has 0 N–H and O–H groups in total. The van der Waals surface area contributed by atoms with Crippen LogP contribution in [0, 0.1) is 0 Å². The van der Waals surface area contributed by atoms with Crippen LogP contribution in [0.2, 0.25) is 0 Å². The van der Waals surface area contributed by atoms with Gasteiger partial charge in [0.25, 0.3) is 5.91 Å². The van der Waals surface area contributed by atoms with Crippen LogP contribution >= 0.6 is 0 Å². The predicted octanol–water partition coefficient (Wildman–Crippen LogP) is 0.845. The third kappa shape index (κ3) is 2.68. The lowest BCUT2D eigenvalue weighted by Crippen LogP contribution is -2.41. The summed E-state index contributed by atoms with van der Waals surface area (Å²) in [6, 6.07) is 4.93. The van der Waals surface area contributed by atoms with Crippen molar-refractivity contribution in [3.63, 3.8) is 0 Å². The molecule has 1 aromatic carbocycles. The molecular formula is C13H15NO5. The number of morpholine rings is 1. The summed E-state index contributed by atoms with van der Waals surface area (Å²) in [6.45, 7) is 1.05. The molecule has 6 heteroatoms. The molecule has 0 bridgehead atoms. The molecule has 0 radical (unpaired) electrons. The van der Waals surface area contributed by atoms with Gasteiger partial charge in [-0.1, -0.05) is 0 Å². The predicted molar refractivity (Wildman–Crippen MR) is 67.5 cm³/mol. The molecule has 2 rings (SSSR count). The highest BCUT2D eigenvalue weighted by Crippen LogP contribution is 2.27. The fraction of sp³-hybridized carbons (Fsp3) is 0.385. The van der Waals surface area contributed by atoms with E-state index in [1.54, 1.807) is 23.1 Å². The average Bonchev–Trinajstić information content (AvgIpc) is 2.46. The molecule has 0 aromatic heterocycles. The summed E-state index contributed by atoms with van der Waals surface area (Å²) in [5.41, 5.74) is 1.01. The van der Waals surface area contributed by atoms with E-state index < -0.39 is 5.97 Å². The average molecular weight is 265 g/mol. The maximum absolute atomic E-state index is 11.7. The minimum atomic E-state index is -0.475. The number of esters is 1. The minimum Gasteiger partial charge on any atom is -0.496 e. The van der Waals surface area contributed by atoms with E-state index in [1.165, 1.54) is 14.2 Å². The summed E-state index contributed by atoms with van der Waals surface area (Å²) in [7, 11) is 2.77. The third-order valence-electron chi connectivity index (χ3n) is 2.89. The van der Waals surface area contributed by atoms with E-state index in [1.807, 2.05) is 0 Å². The lowest BCUT2D eigenvalue weighted by molar-refractivity contribution is -0.125. The van der Waals surface area contributed by atoms with Crippen molar-refractivity contribution in [2.75, 3.05) is 38.9 Å². The van der Waals surface area contributed by atoms with Gasteiger partial charge in [-0.2, -0.15) is 0 Å². The number of hydrogen-bond acceptors (Lipinski definition) is 5. The number of carbonyl (C=O) groups is 2. The van der Waals surface area contributed by atoms with Gasteiger partial charge in [0.1, 0.15) is 17.9 Å². The molecule has 1 heterocycles. The molecule has 1 aliphatic rings. The van der Waals surface area contributed by atoms with Gasteiger partial charge in [0.2, 0.25) is 0 Å². The molecule has 0 saturated carbocycles. The molecule has 102 valence electrons. The van der Waals surface area contributed by atoms with Crippen LogP contribution in [0.3, 0.4) is 0 Å². The van der Waals surface area contributed by atoms with Crippen LogP contribution in [-0.4, -0.2) is 45.9 Å². The second-order valence-corrected chi connectivity index (χ2v) is 3.97. The highest BCUT2D eigenvalue weighted by atomic mass is 16.5. The van der Waals surface area contributed by atoms with Crippen LogP contribution in [-0.2, 0) is 14.3 Å². The zero-order valence-electron chi connectivity index (χ0n) is 10.8. The Morgan fingerprint density at radius 3 is 2.79 bits per heavy atom. The lowest BCUT2D eigenvalue weighted by Gasteiger charge is -2.27. The van der Waals surface area contributed by atoms with E-state index in [0.717, 1.165) is 0 Å². The van der Waals surface area contributed by atoms with Crippen LogP contribution in [0.1, 0.15) is 10.4 Å². The first kappa shape index (κ1) is 13.4. The normalized spacial score (nSPS) is 15.3. The summed E-state index contributed by atoms with van der Waals surface area (Å²) < 4.78 is 14.9. The Kier molecular flexibility index (Phi) is 4.01. The SMILES string of the molecule is COC(=O)c1ccc(N2CCOCC2=O)cc1OC. The number of carbonyl (C=O) groups excluding carboxylic acids is 2. The molecule has 0 aliphatic carbocycles. The van der Waals surface area contributed by atoms with Crippen LogP contribution in [0.4, 0.5) is 5.69 Å². The number of rotatable bonds is 3. The van der Waals surface area contributed by atoms with Gasteiger partial charge in [-0.15, -0.1) is 0 Å². The molecule has 0 spiro atoms. The van der Waals surface area contributed by atoms with Gasteiger partial charge < -0.3 is 19.1 Å². The second-order valence-electron chi connectivity index (χ2n) is 3.97. The summed E-state index contributed by atoms with van der Waals surface area (Å²) in [4.78, 5) is 24.9. The molecule has 1 amide bonds. The van der Waals surface area contributed by atoms with E-state index >= 15 is 0 Å². The summed E-state index contributed by atoms with van der Waals surface area (Å²) >= 11 is 0. The van der Waals surface area contributed by atoms with Crippen LogP contribution in [0.5, 0.6) is 5.75 Å². The van der Waals surface area contributed by atoms with E-state index in [9.17, 15) is 9.59 Å². The third-order valence-corrected chi connectivity index (χ3v) is 2.89. The maximum Gasteiger partial charge on any atom is 0.341 e. The zero-order valence-corrected chi connectivity index (χ0v) is 10.8. The first-order valence-electron chi connectivity index (χ1n) is 5.82. The molecule has 6 nitrogen and oxygen atoms in total. The second kappa shape index (κ2) is 5.71.